The maximum atomic E-state index is 10.9. The van der Waals surface area contributed by atoms with E-state index < -0.39 is 16.3 Å². The van der Waals surface area contributed by atoms with Gasteiger partial charge in [-0.3, -0.25) is 9.59 Å². The van der Waals surface area contributed by atoms with Gasteiger partial charge in [0.2, 0.25) is 11.8 Å². The highest BCUT2D eigenvalue weighted by molar-refractivity contribution is 7.86. The maximum Gasteiger partial charge on any atom is 0.266 e. The predicted octanol–water partition coefficient (Wildman–Crippen LogP) is -0.280. The Kier molecular flexibility index (Phi) is 6.11. The number of nitriles is 1. The molecule has 0 spiro atoms. The summed E-state index contributed by atoms with van der Waals surface area (Å²) in [6, 6.07) is 2.14. The van der Waals surface area contributed by atoms with Crippen LogP contribution in [0.4, 0.5) is 0 Å². The number of nitrogens with one attached hydrogen (secondary N) is 1. The first-order valence-corrected chi connectivity index (χ1v) is 8.35. The zero-order valence-electron chi connectivity index (χ0n) is 12.0. The van der Waals surface area contributed by atoms with Crippen molar-refractivity contribution in [2.75, 3.05) is 13.3 Å². The third-order valence-corrected chi connectivity index (χ3v) is 3.71. The van der Waals surface area contributed by atoms with Gasteiger partial charge in [-0.05, 0) is 6.42 Å². The van der Waals surface area contributed by atoms with E-state index in [0.717, 1.165) is 12.7 Å². The van der Waals surface area contributed by atoms with E-state index in [9.17, 15) is 18.0 Å². The summed E-state index contributed by atoms with van der Waals surface area (Å²) >= 11 is 0. The molecule has 0 aromatic rings. The van der Waals surface area contributed by atoms with Gasteiger partial charge in [-0.1, -0.05) is 0 Å². The molecule has 0 aromatic heterocycles. The van der Waals surface area contributed by atoms with Gasteiger partial charge >= 0.3 is 0 Å². The Morgan fingerprint density at radius 3 is 2.43 bits per heavy atom. The second kappa shape index (κ2) is 7.38. The van der Waals surface area contributed by atoms with E-state index in [-0.39, 0.29) is 17.9 Å². The van der Waals surface area contributed by atoms with Crippen molar-refractivity contribution >= 4 is 21.9 Å². The Hall–Kier alpha value is -1.66. The highest BCUT2D eigenvalue weighted by Gasteiger charge is 2.30. The van der Waals surface area contributed by atoms with Crippen molar-refractivity contribution in [2.45, 2.75) is 44.4 Å². The van der Waals surface area contributed by atoms with Crippen molar-refractivity contribution in [1.29, 1.82) is 5.26 Å². The molecule has 9 heteroatoms. The molecule has 2 atom stereocenters. The van der Waals surface area contributed by atoms with Crippen LogP contribution < -0.4 is 5.32 Å². The van der Waals surface area contributed by atoms with Crippen LogP contribution in [0.15, 0.2) is 0 Å². The summed E-state index contributed by atoms with van der Waals surface area (Å²) in [5, 5.41) is 10.9. The van der Waals surface area contributed by atoms with Crippen molar-refractivity contribution in [1.82, 2.24) is 10.2 Å². The topological polar surface area (TPSA) is 117 Å². The van der Waals surface area contributed by atoms with Gasteiger partial charge in [-0.25, -0.2) is 4.18 Å². The lowest BCUT2D eigenvalue weighted by Gasteiger charge is -2.17. The molecular weight excluding hydrogens is 298 g/mol. The largest absolute Gasteiger partial charge is 0.352 e. The molecule has 2 aliphatic rings. The van der Waals surface area contributed by atoms with Crippen LogP contribution in [0, 0.1) is 11.3 Å². The van der Waals surface area contributed by atoms with Gasteiger partial charge in [0.05, 0.1) is 18.7 Å². The molecule has 0 bridgehead atoms. The van der Waals surface area contributed by atoms with Crippen LogP contribution in [0.2, 0.25) is 0 Å². The summed E-state index contributed by atoms with van der Waals surface area (Å²) in [5.74, 6) is -0.00102. The Morgan fingerprint density at radius 1 is 1.38 bits per heavy atom. The SMILES string of the molecule is CN1C(=O)CC[C@@H]1OS(C)(=O)=O.N#CC[C@@H]1CCC(=O)N1. The minimum atomic E-state index is -3.46. The first-order chi connectivity index (χ1) is 9.73. The van der Waals surface area contributed by atoms with E-state index in [2.05, 4.69) is 9.50 Å². The third-order valence-electron chi connectivity index (χ3n) is 3.14. The number of carbonyl (C=O) groups excluding carboxylic acids is 2. The predicted molar refractivity (Wildman–Crippen MR) is 73.1 cm³/mol. The Balaban J connectivity index is 0.000000219. The normalized spacial score (nSPS) is 25.1. The lowest BCUT2D eigenvalue weighted by Crippen LogP contribution is -2.32. The Morgan fingerprint density at radius 2 is 2.05 bits per heavy atom. The Labute approximate surface area is 124 Å². The third kappa shape index (κ3) is 6.10. The summed E-state index contributed by atoms with van der Waals surface area (Å²) in [4.78, 5) is 22.7. The van der Waals surface area contributed by atoms with Crippen molar-refractivity contribution in [3.05, 3.63) is 0 Å². The average Bonchev–Trinajstić information content (AvgIpc) is 2.90. The lowest BCUT2D eigenvalue weighted by atomic mass is 10.2. The second-order valence-corrected chi connectivity index (χ2v) is 6.56. The molecule has 118 valence electrons. The fraction of sp³-hybridized carbons (Fsp3) is 0.750. The molecule has 0 unspecified atom stereocenters. The highest BCUT2D eigenvalue weighted by Crippen LogP contribution is 2.18. The molecule has 0 saturated carbocycles. The standard InChI is InChI=1S/C6H8N2O.C6H11NO4S/c7-4-3-5-1-2-6(9)8-5;1-7-5(8)3-4-6(7)11-12(2,9)10/h5H,1-3H2,(H,8,9);6H,3-4H2,1-2H3/t5-;6-/m00/s1. The molecule has 0 radical (unpaired) electrons. The monoisotopic (exact) mass is 317 g/mol. The van der Waals surface area contributed by atoms with Crippen LogP contribution in [0.1, 0.15) is 32.1 Å². The minimum absolute atomic E-state index is 0.0789. The van der Waals surface area contributed by atoms with E-state index in [4.69, 9.17) is 5.26 Å². The van der Waals surface area contributed by atoms with Crippen molar-refractivity contribution in [3.63, 3.8) is 0 Å². The van der Waals surface area contributed by atoms with Crippen LogP contribution in [-0.2, 0) is 23.9 Å². The molecular formula is C12H19N3O5S. The zero-order valence-corrected chi connectivity index (χ0v) is 12.9. The number of hydrogen-bond acceptors (Lipinski definition) is 6. The van der Waals surface area contributed by atoms with Crippen LogP contribution in [0.3, 0.4) is 0 Å². The molecule has 21 heavy (non-hydrogen) atoms. The number of carbonyl (C=O) groups is 2. The zero-order chi connectivity index (χ0) is 16.0. The Bertz CT molecular complexity index is 540. The summed E-state index contributed by atoms with van der Waals surface area (Å²) < 4.78 is 26.0. The fourth-order valence-electron chi connectivity index (χ4n) is 2.03. The molecule has 2 saturated heterocycles. The number of nitrogens with zero attached hydrogens (tertiary/aromatic N) is 2. The number of likely N-dealkylation sites (tertiary alicyclic amines) is 1. The fourth-order valence-corrected chi connectivity index (χ4v) is 2.66. The van der Waals surface area contributed by atoms with Gasteiger partial charge in [-0.15, -0.1) is 0 Å². The summed E-state index contributed by atoms with van der Waals surface area (Å²) in [6.07, 6.45) is 3.04. The molecule has 0 aliphatic carbocycles. The van der Waals surface area contributed by atoms with Crippen molar-refractivity contribution in [3.8, 4) is 6.07 Å². The van der Waals surface area contributed by atoms with E-state index in [0.29, 0.717) is 25.7 Å². The van der Waals surface area contributed by atoms with Crippen LogP contribution >= 0.6 is 0 Å². The summed E-state index contributed by atoms with van der Waals surface area (Å²) in [5.41, 5.74) is 0. The molecule has 1 N–H and O–H groups in total. The summed E-state index contributed by atoms with van der Waals surface area (Å²) in [7, 11) is -1.92. The quantitative estimate of drug-likeness (QED) is 0.716. The lowest BCUT2D eigenvalue weighted by molar-refractivity contribution is -0.130. The van der Waals surface area contributed by atoms with E-state index in [1.165, 1.54) is 11.9 Å². The van der Waals surface area contributed by atoms with E-state index >= 15 is 0 Å². The first kappa shape index (κ1) is 17.4. The van der Waals surface area contributed by atoms with Gasteiger partial charge in [0.25, 0.3) is 10.1 Å². The minimum Gasteiger partial charge on any atom is -0.352 e. The van der Waals surface area contributed by atoms with Gasteiger partial charge in [0.15, 0.2) is 6.23 Å². The van der Waals surface area contributed by atoms with Crippen LogP contribution in [-0.4, -0.2) is 50.7 Å². The molecule has 2 fully saturated rings. The van der Waals surface area contributed by atoms with Crippen LogP contribution in [0.25, 0.3) is 0 Å². The molecule has 2 aliphatic heterocycles. The number of hydrogen-bond donors (Lipinski definition) is 1. The van der Waals surface area contributed by atoms with Crippen molar-refractivity contribution < 1.29 is 22.2 Å². The summed E-state index contributed by atoms with van der Waals surface area (Å²) in [6.45, 7) is 0. The van der Waals surface area contributed by atoms with Crippen LogP contribution in [0.5, 0.6) is 0 Å². The molecule has 2 heterocycles. The van der Waals surface area contributed by atoms with Gasteiger partial charge in [-0.2, -0.15) is 13.7 Å². The maximum absolute atomic E-state index is 10.9. The molecule has 8 nitrogen and oxygen atoms in total. The highest BCUT2D eigenvalue weighted by atomic mass is 32.2. The second-order valence-electron chi connectivity index (χ2n) is 4.96. The molecule has 2 amide bonds. The first-order valence-electron chi connectivity index (χ1n) is 6.53. The van der Waals surface area contributed by atoms with Gasteiger partial charge in [0.1, 0.15) is 0 Å². The molecule has 2 rings (SSSR count). The van der Waals surface area contributed by atoms with E-state index in [1.807, 2.05) is 6.07 Å². The van der Waals surface area contributed by atoms with E-state index in [1.54, 1.807) is 0 Å². The van der Waals surface area contributed by atoms with Gasteiger partial charge < -0.3 is 10.2 Å². The average molecular weight is 317 g/mol. The van der Waals surface area contributed by atoms with Crippen molar-refractivity contribution in [2.24, 2.45) is 0 Å². The van der Waals surface area contributed by atoms with Gasteiger partial charge in [0, 0.05) is 32.4 Å². The number of rotatable bonds is 3. The molecule has 0 aromatic carbocycles. The number of amides is 2. The smallest absolute Gasteiger partial charge is 0.266 e.